The van der Waals surface area contributed by atoms with E-state index in [1.807, 2.05) is 38.1 Å². The van der Waals surface area contributed by atoms with Crippen molar-refractivity contribution >= 4 is 19.4 Å². The van der Waals surface area contributed by atoms with E-state index < -0.39 is 7.82 Å². The molecule has 1 amide bonds. The highest BCUT2D eigenvalue weighted by atomic mass is 31.2. The number of benzene rings is 1. The van der Waals surface area contributed by atoms with Gasteiger partial charge in [-0.2, -0.15) is 5.10 Å². The van der Waals surface area contributed by atoms with Crippen LogP contribution in [0, 0.1) is 6.92 Å². The number of ether oxygens (including phenoxy) is 1. The fourth-order valence-electron chi connectivity index (χ4n) is 2.75. The zero-order valence-corrected chi connectivity index (χ0v) is 16.6. The van der Waals surface area contributed by atoms with Gasteiger partial charge in [-0.3, -0.25) is 9.89 Å². The van der Waals surface area contributed by atoms with Gasteiger partial charge in [0.15, 0.2) is 5.69 Å². The fraction of sp³-hybridized carbons (Fsp3) is 0.412. The number of amides is 1. The number of nitrogens with one attached hydrogen (secondary N) is 3. The molecule has 0 bridgehead atoms. The van der Waals surface area contributed by atoms with Gasteiger partial charge in [0.25, 0.3) is 5.91 Å². The number of hydrogen-bond acceptors (Lipinski definition) is 5. The van der Waals surface area contributed by atoms with E-state index in [-0.39, 0.29) is 12.0 Å². The van der Waals surface area contributed by atoms with Gasteiger partial charge in [0.2, 0.25) is 0 Å². The van der Waals surface area contributed by atoms with Crippen molar-refractivity contribution in [2.45, 2.75) is 26.4 Å². The van der Waals surface area contributed by atoms with E-state index in [0.29, 0.717) is 5.69 Å². The summed E-state index contributed by atoms with van der Waals surface area (Å²) in [6.07, 6.45) is 0.908. The first-order valence-electron chi connectivity index (χ1n) is 8.74. The number of morpholine rings is 1. The first-order chi connectivity index (χ1) is 13.2. The Morgan fingerprint density at radius 3 is 2.46 bits per heavy atom. The highest BCUT2D eigenvalue weighted by Gasteiger charge is 2.17. The van der Waals surface area contributed by atoms with Gasteiger partial charge >= 0.3 is 7.82 Å². The Labute approximate surface area is 162 Å². The largest absolute Gasteiger partial charge is 0.466 e. The van der Waals surface area contributed by atoms with Crippen molar-refractivity contribution in [1.29, 1.82) is 0 Å². The van der Waals surface area contributed by atoms with E-state index in [4.69, 9.17) is 24.0 Å². The zero-order chi connectivity index (χ0) is 20.7. The van der Waals surface area contributed by atoms with Gasteiger partial charge < -0.3 is 30.1 Å². The van der Waals surface area contributed by atoms with E-state index in [1.54, 1.807) is 0 Å². The standard InChI is InChI=1S/C17H22N4O2.H3O4P/c1-3-14-11(2)16(21-20-14)17(22)19-13-6-4-12(5-7-13)15-10-18-8-9-23-15;1-5(2,3)4/h4-7,15,18H,3,8-10H2,1-2H3,(H,19,22)(H,20,21);(H3,1,2,3,4)/t15-;/m1./s1. The van der Waals surface area contributed by atoms with Crippen molar-refractivity contribution in [2.24, 2.45) is 0 Å². The number of hydrogen-bond donors (Lipinski definition) is 6. The van der Waals surface area contributed by atoms with Gasteiger partial charge in [-0.1, -0.05) is 19.1 Å². The number of anilines is 1. The van der Waals surface area contributed by atoms with Crippen molar-refractivity contribution in [3.8, 4) is 0 Å². The maximum Gasteiger partial charge on any atom is 0.466 e. The molecular formula is C17H25N4O6P. The van der Waals surface area contributed by atoms with Crippen LogP contribution in [0.2, 0.25) is 0 Å². The van der Waals surface area contributed by atoms with E-state index >= 15 is 0 Å². The minimum atomic E-state index is -4.64. The molecule has 1 aliphatic heterocycles. The number of rotatable bonds is 4. The van der Waals surface area contributed by atoms with Crippen LogP contribution in [0.3, 0.4) is 0 Å². The molecule has 2 aromatic rings. The topological polar surface area (TPSA) is 157 Å². The maximum absolute atomic E-state index is 12.3. The lowest BCUT2D eigenvalue weighted by Crippen LogP contribution is -2.33. The van der Waals surface area contributed by atoms with Crippen molar-refractivity contribution < 1.29 is 28.8 Å². The number of carbonyl (C=O) groups is 1. The summed E-state index contributed by atoms with van der Waals surface area (Å²) in [5.74, 6) is -0.193. The zero-order valence-electron chi connectivity index (χ0n) is 15.7. The summed E-state index contributed by atoms with van der Waals surface area (Å²) >= 11 is 0. The smallest absolute Gasteiger partial charge is 0.371 e. The molecule has 3 rings (SSSR count). The van der Waals surface area contributed by atoms with Gasteiger partial charge in [-0.15, -0.1) is 0 Å². The van der Waals surface area contributed by atoms with Gasteiger partial charge in [0.05, 0.1) is 12.7 Å². The summed E-state index contributed by atoms with van der Waals surface area (Å²) in [5, 5.41) is 13.2. The molecule has 154 valence electrons. The molecule has 0 radical (unpaired) electrons. The minimum Gasteiger partial charge on any atom is -0.371 e. The van der Waals surface area contributed by atoms with E-state index in [9.17, 15) is 4.79 Å². The second-order valence-electron chi connectivity index (χ2n) is 6.18. The summed E-state index contributed by atoms with van der Waals surface area (Å²) < 4.78 is 14.6. The van der Waals surface area contributed by atoms with Gasteiger partial charge in [-0.05, 0) is 31.0 Å². The Morgan fingerprint density at radius 2 is 1.96 bits per heavy atom. The number of aryl methyl sites for hydroxylation is 1. The summed E-state index contributed by atoms with van der Waals surface area (Å²) in [6, 6.07) is 7.77. The minimum absolute atomic E-state index is 0.0780. The molecule has 1 fully saturated rings. The highest BCUT2D eigenvalue weighted by molar-refractivity contribution is 7.45. The Kier molecular flexibility index (Phi) is 7.88. The average Bonchev–Trinajstić information content (AvgIpc) is 3.02. The monoisotopic (exact) mass is 412 g/mol. The molecule has 2 heterocycles. The Morgan fingerprint density at radius 1 is 1.32 bits per heavy atom. The van der Waals surface area contributed by atoms with Crippen LogP contribution in [0.25, 0.3) is 0 Å². The molecule has 1 aromatic heterocycles. The van der Waals surface area contributed by atoms with Gasteiger partial charge in [0, 0.05) is 30.0 Å². The van der Waals surface area contributed by atoms with Crippen LogP contribution in [0.1, 0.15) is 40.3 Å². The Balaban J connectivity index is 0.000000500. The first-order valence-corrected chi connectivity index (χ1v) is 10.3. The van der Waals surface area contributed by atoms with E-state index in [2.05, 4.69) is 20.8 Å². The Bertz CT molecular complexity index is 818. The van der Waals surface area contributed by atoms with Crippen LogP contribution in [-0.2, 0) is 15.7 Å². The molecule has 1 atom stereocenters. The van der Waals surface area contributed by atoms with Crippen LogP contribution in [-0.4, -0.2) is 50.5 Å². The van der Waals surface area contributed by atoms with Crippen LogP contribution in [0.5, 0.6) is 0 Å². The SMILES string of the molecule is CCc1[nH]nc(C(=O)Nc2ccc([C@H]3CNCCO3)cc2)c1C.O=P(O)(O)O. The summed E-state index contributed by atoms with van der Waals surface area (Å²) in [4.78, 5) is 33.9. The molecule has 1 saturated heterocycles. The number of carbonyl (C=O) groups excluding carboxylic acids is 1. The lowest BCUT2D eigenvalue weighted by molar-refractivity contribution is 0.0277. The normalized spacial score (nSPS) is 16.8. The quantitative estimate of drug-likeness (QED) is 0.410. The first kappa shape index (κ1) is 22.2. The van der Waals surface area contributed by atoms with Crippen molar-refractivity contribution in [2.75, 3.05) is 25.0 Å². The van der Waals surface area contributed by atoms with Crippen LogP contribution in [0.4, 0.5) is 5.69 Å². The fourth-order valence-corrected chi connectivity index (χ4v) is 2.75. The molecule has 1 aliphatic rings. The molecular weight excluding hydrogens is 387 g/mol. The van der Waals surface area contributed by atoms with Gasteiger partial charge in [0.1, 0.15) is 0 Å². The molecule has 1 aromatic carbocycles. The van der Waals surface area contributed by atoms with Crippen molar-refractivity contribution in [3.05, 3.63) is 46.8 Å². The molecule has 10 nitrogen and oxygen atoms in total. The average molecular weight is 412 g/mol. The molecule has 0 aliphatic carbocycles. The molecule has 0 saturated carbocycles. The number of aromatic amines is 1. The third-order valence-corrected chi connectivity index (χ3v) is 4.15. The Hall–Kier alpha value is -2.07. The molecule has 0 spiro atoms. The summed E-state index contributed by atoms with van der Waals surface area (Å²) in [5.41, 5.74) is 4.21. The second-order valence-corrected chi connectivity index (χ2v) is 7.21. The van der Waals surface area contributed by atoms with E-state index in [0.717, 1.165) is 48.6 Å². The number of phosphoric acid groups is 1. The van der Waals surface area contributed by atoms with Crippen LogP contribution in [0.15, 0.2) is 24.3 Å². The predicted octanol–water partition coefficient (Wildman–Crippen LogP) is 1.27. The maximum atomic E-state index is 12.3. The second kappa shape index (κ2) is 9.92. The molecule has 6 N–H and O–H groups in total. The predicted molar refractivity (Wildman–Crippen MR) is 103 cm³/mol. The molecule has 0 unspecified atom stereocenters. The van der Waals surface area contributed by atoms with Crippen LogP contribution < -0.4 is 10.6 Å². The lowest BCUT2D eigenvalue weighted by Gasteiger charge is -2.24. The van der Waals surface area contributed by atoms with Crippen molar-refractivity contribution in [1.82, 2.24) is 15.5 Å². The third kappa shape index (κ3) is 6.83. The molecule has 11 heteroatoms. The number of H-pyrrole nitrogens is 1. The number of nitrogens with zero attached hydrogens (tertiary/aromatic N) is 1. The van der Waals surface area contributed by atoms with Crippen LogP contribution >= 0.6 is 7.82 Å². The summed E-state index contributed by atoms with van der Waals surface area (Å²) in [6.45, 7) is 6.38. The lowest BCUT2D eigenvalue weighted by atomic mass is 10.1. The number of aromatic nitrogens is 2. The summed E-state index contributed by atoms with van der Waals surface area (Å²) in [7, 11) is -4.64. The highest BCUT2D eigenvalue weighted by Crippen LogP contribution is 2.25. The van der Waals surface area contributed by atoms with Gasteiger partial charge in [-0.25, -0.2) is 4.57 Å². The molecule has 28 heavy (non-hydrogen) atoms. The third-order valence-electron chi connectivity index (χ3n) is 4.15. The van der Waals surface area contributed by atoms with E-state index in [1.165, 1.54) is 0 Å². The van der Waals surface area contributed by atoms with Crippen molar-refractivity contribution in [3.63, 3.8) is 0 Å².